The molecule has 1 aromatic carbocycles. The van der Waals surface area contributed by atoms with Crippen molar-refractivity contribution < 1.29 is 22.3 Å². The lowest BCUT2D eigenvalue weighted by atomic mass is 10.2. The van der Waals surface area contributed by atoms with Crippen molar-refractivity contribution in [2.75, 3.05) is 12.5 Å². The molecule has 8 heteroatoms. The third-order valence-corrected chi connectivity index (χ3v) is 2.59. The number of nitrogens with two attached hydrogens (primary N) is 1. The highest BCUT2D eigenvalue weighted by molar-refractivity contribution is 6.28. The van der Waals surface area contributed by atoms with Crippen LogP contribution in [0.3, 0.4) is 0 Å². The molecule has 1 aromatic rings. The maximum Gasteiger partial charge on any atom is 0.340 e. The van der Waals surface area contributed by atoms with E-state index in [2.05, 4.69) is 9.73 Å². The van der Waals surface area contributed by atoms with Crippen molar-refractivity contribution in [2.45, 2.75) is 19.3 Å². The molecule has 0 atom stereocenters. The Labute approximate surface area is 118 Å². The summed E-state index contributed by atoms with van der Waals surface area (Å²) < 4.78 is 54.0. The van der Waals surface area contributed by atoms with Crippen LogP contribution in [-0.4, -0.2) is 30.7 Å². The van der Waals surface area contributed by atoms with E-state index < -0.39 is 19.0 Å². The fourth-order valence-electron chi connectivity index (χ4n) is 1.27. The SMILES string of the molecule is Cc1cc(OCC(F)(F)C(F)F)ccc1N=C(N)CCl. The van der Waals surface area contributed by atoms with E-state index in [0.29, 0.717) is 11.3 Å². The number of rotatable bonds is 6. The Morgan fingerprint density at radius 3 is 2.60 bits per heavy atom. The first-order chi connectivity index (χ1) is 9.26. The van der Waals surface area contributed by atoms with Gasteiger partial charge in [-0.15, -0.1) is 11.6 Å². The highest BCUT2D eigenvalue weighted by atomic mass is 35.5. The first-order valence-corrected chi connectivity index (χ1v) is 6.08. The van der Waals surface area contributed by atoms with Crippen LogP contribution in [-0.2, 0) is 0 Å². The van der Waals surface area contributed by atoms with E-state index >= 15 is 0 Å². The van der Waals surface area contributed by atoms with Gasteiger partial charge >= 0.3 is 12.3 Å². The van der Waals surface area contributed by atoms with Crippen molar-refractivity contribution in [2.24, 2.45) is 10.7 Å². The van der Waals surface area contributed by atoms with Crippen LogP contribution in [0.25, 0.3) is 0 Å². The number of aryl methyl sites for hydroxylation is 1. The van der Waals surface area contributed by atoms with Gasteiger partial charge in [0.25, 0.3) is 0 Å². The molecule has 0 saturated heterocycles. The lowest BCUT2D eigenvalue weighted by Gasteiger charge is -2.16. The molecule has 20 heavy (non-hydrogen) atoms. The van der Waals surface area contributed by atoms with Crippen LogP contribution in [0.2, 0.25) is 0 Å². The van der Waals surface area contributed by atoms with Crippen molar-refractivity contribution in [3.63, 3.8) is 0 Å². The Bertz CT molecular complexity index is 494. The molecule has 112 valence electrons. The van der Waals surface area contributed by atoms with Crippen LogP contribution in [0.4, 0.5) is 23.2 Å². The molecule has 3 nitrogen and oxygen atoms in total. The van der Waals surface area contributed by atoms with Crippen LogP contribution in [0.15, 0.2) is 23.2 Å². The van der Waals surface area contributed by atoms with Gasteiger partial charge in [0, 0.05) is 0 Å². The Balaban J connectivity index is 2.78. The summed E-state index contributed by atoms with van der Waals surface area (Å²) in [6.07, 6.45) is -3.77. The Morgan fingerprint density at radius 2 is 2.10 bits per heavy atom. The van der Waals surface area contributed by atoms with Crippen LogP contribution in [0.1, 0.15) is 5.56 Å². The normalized spacial score (nSPS) is 12.8. The number of amidine groups is 1. The largest absolute Gasteiger partial charge is 0.487 e. The van der Waals surface area contributed by atoms with E-state index in [1.54, 1.807) is 6.92 Å². The zero-order chi connectivity index (χ0) is 15.3. The zero-order valence-electron chi connectivity index (χ0n) is 10.5. The van der Waals surface area contributed by atoms with Gasteiger partial charge in [0.2, 0.25) is 0 Å². The molecule has 0 unspecified atom stereocenters. The minimum absolute atomic E-state index is 0.0474. The van der Waals surface area contributed by atoms with Crippen molar-refractivity contribution in [3.05, 3.63) is 23.8 Å². The van der Waals surface area contributed by atoms with Crippen LogP contribution in [0.5, 0.6) is 5.75 Å². The lowest BCUT2D eigenvalue weighted by Crippen LogP contribution is -2.33. The Hall–Kier alpha value is -1.50. The summed E-state index contributed by atoms with van der Waals surface area (Å²) in [4.78, 5) is 3.99. The molecule has 0 aliphatic rings. The van der Waals surface area contributed by atoms with Crippen LogP contribution >= 0.6 is 11.6 Å². The molecule has 0 aliphatic carbocycles. The summed E-state index contributed by atoms with van der Waals surface area (Å²) in [6, 6.07) is 4.22. The second kappa shape index (κ2) is 6.78. The van der Waals surface area contributed by atoms with Gasteiger partial charge < -0.3 is 10.5 Å². The minimum atomic E-state index is -4.19. The quantitative estimate of drug-likeness (QED) is 0.378. The van der Waals surface area contributed by atoms with E-state index in [0.717, 1.165) is 0 Å². The van der Waals surface area contributed by atoms with E-state index in [4.69, 9.17) is 17.3 Å². The number of halogens is 5. The molecule has 0 aromatic heterocycles. The summed E-state index contributed by atoms with van der Waals surface area (Å²) in [5.41, 5.74) is 6.56. The summed E-state index contributed by atoms with van der Waals surface area (Å²) in [5.74, 6) is -3.88. The fraction of sp³-hybridized carbons (Fsp3) is 0.417. The number of hydrogen-bond donors (Lipinski definition) is 1. The Kier molecular flexibility index (Phi) is 5.62. The molecule has 0 bridgehead atoms. The lowest BCUT2D eigenvalue weighted by molar-refractivity contribution is -0.148. The minimum Gasteiger partial charge on any atom is -0.487 e. The standard InChI is InChI=1S/C12H13ClF4N2O/c1-7-4-8(20-6-12(16,17)11(14)15)2-3-9(7)19-10(18)5-13/h2-4,11H,5-6H2,1H3,(H2,18,19). The van der Waals surface area contributed by atoms with Gasteiger partial charge in [0.05, 0.1) is 11.6 Å². The van der Waals surface area contributed by atoms with Crippen LogP contribution in [0, 0.1) is 6.92 Å². The average Bonchev–Trinajstić information content (AvgIpc) is 2.39. The van der Waals surface area contributed by atoms with Gasteiger partial charge in [-0.05, 0) is 30.7 Å². The predicted molar refractivity (Wildman–Crippen MR) is 69.6 cm³/mol. The van der Waals surface area contributed by atoms with Gasteiger partial charge in [0.1, 0.15) is 11.6 Å². The molecule has 0 spiro atoms. The van der Waals surface area contributed by atoms with Crippen molar-refractivity contribution in [1.29, 1.82) is 0 Å². The summed E-state index contributed by atoms with van der Waals surface area (Å²) in [7, 11) is 0. The smallest absolute Gasteiger partial charge is 0.340 e. The monoisotopic (exact) mass is 312 g/mol. The highest BCUT2D eigenvalue weighted by Crippen LogP contribution is 2.27. The zero-order valence-corrected chi connectivity index (χ0v) is 11.3. The number of ether oxygens (including phenoxy) is 1. The fourth-order valence-corrected chi connectivity index (χ4v) is 1.33. The summed E-state index contributed by atoms with van der Waals surface area (Å²) in [5, 5.41) is 0. The number of aliphatic imine (C=N–C) groups is 1. The van der Waals surface area contributed by atoms with Gasteiger partial charge in [-0.2, -0.15) is 8.78 Å². The van der Waals surface area contributed by atoms with Crippen molar-refractivity contribution in [3.8, 4) is 5.75 Å². The van der Waals surface area contributed by atoms with Gasteiger partial charge in [-0.1, -0.05) is 0 Å². The first kappa shape index (κ1) is 16.6. The third kappa shape index (κ3) is 4.56. The molecular formula is C12H13ClF4N2O. The second-order valence-electron chi connectivity index (χ2n) is 4.04. The maximum absolute atomic E-state index is 12.7. The molecule has 0 aliphatic heterocycles. The molecule has 0 radical (unpaired) electrons. The molecule has 2 N–H and O–H groups in total. The number of hydrogen-bond acceptors (Lipinski definition) is 2. The third-order valence-electron chi connectivity index (χ3n) is 2.32. The molecule has 0 fully saturated rings. The highest BCUT2D eigenvalue weighted by Gasteiger charge is 2.41. The number of nitrogens with zero attached hydrogens (tertiary/aromatic N) is 1. The van der Waals surface area contributed by atoms with Crippen molar-refractivity contribution in [1.82, 2.24) is 0 Å². The molecule has 1 rings (SSSR count). The van der Waals surface area contributed by atoms with Crippen molar-refractivity contribution >= 4 is 23.1 Å². The number of alkyl halides is 5. The Morgan fingerprint density at radius 1 is 1.45 bits per heavy atom. The molecular weight excluding hydrogens is 300 g/mol. The van der Waals surface area contributed by atoms with E-state index in [-0.39, 0.29) is 17.5 Å². The van der Waals surface area contributed by atoms with Gasteiger partial charge in [-0.25, -0.2) is 13.8 Å². The van der Waals surface area contributed by atoms with E-state index in [1.807, 2.05) is 0 Å². The van der Waals surface area contributed by atoms with Gasteiger partial charge in [-0.3, -0.25) is 0 Å². The maximum atomic E-state index is 12.7. The van der Waals surface area contributed by atoms with Gasteiger partial charge in [0.15, 0.2) is 6.61 Å². The topological polar surface area (TPSA) is 47.6 Å². The van der Waals surface area contributed by atoms with Crippen LogP contribution < -0.4 is 10.5 Å². The van der Waals surface area contributed by atoms with E-state index in [9.17, 15) is 17.6 Å². The average molecular weight is 313 g/mol. The predicted octanol–water partition coefficient (Wildman–Crippen LogP) is 3.50. The summed E-state index contributed by atoms with van der Waals surface area (Å²) in [6.45, 7) is 0.259. The molecule has 0 saturated carbocycles. The second-order valence-corrected chi connectivity index (χ2v) is 4.30. The first-order valence-electron chi connectivity index (χ1n) is 5.54. The van der Waals surface area contributed by atoms with E-state index in [1.165, 1.54) is 18.2 Å². The number of benzene rings is 1. The summed E-state index contributed by atoms with van der Waals surface area (Å²) >= 11 is 5.48. The molecule has 0 amide bonds. The molecule has 0 heterocycles.